The summed E-state index contributed by atoms with van der Waals surface area (Å²) in [6.45, 7) is 7.72. The smallest absolute Gasteiger partial charge is 0.191 e. The molecular formula is C22H35N3O3. The van der Waals surface area contributed by atoms with E-state index in [0.29, 0.717) is 12.0 Å². The van der Waals surface area contributed by atoms with Crippen LogP contribution in [-0.2, 0) is 14.2 Å². The van der Waals surface area contributed by atoms with Crippen molar-refractivity contribution >= 4 is 5.96 Å². The zero-order valence-corrected chi connectivity index (χ0v) is 17.1. The molecule has 0 bridgehead atoms. The van der Waals surface area contributed by atoms with Crippen molar-refractivity contribution in [2.24, 2.45) is 10.9 Å². The zero-order valence-electron chi connectivity index (χ0n) is 17.1. The first-order chi connectivity index (χ1) is 13.9. The van der Waals surface area contributed by atoms with Gasteiger partial charge in [-0.3, -0.25) is 4.99 Å². The standard InChI is InChI=1S/C22H35N3O3/c1-2-23-22(24-12-7-13-26-17-20-10-6-14-27-20)25-16-19-11-15-28-21(19)18-8-4-3-5-9-18/h3-5,8-9,19-21H,2,6-7,10-17H2,1H3,(H2,23,24,25). The molecule has 2 fully saturated rings. The average Bonchev–Trinajstić information content (AvgIpc) is 3.41. The summed E-state index contributed by atoms with van der Waals surface area (Å²) in [4.78, 5) is 4.81. The van der Waals surface area contributed by atoms with Crippen LogP contribution in [0.1, 0.15) is 44.3 Å². The topological polar surface area (TPSA) is 64.1 Å². The zero-order chi connectivity index (χ0) is 19.4. The molecule has 2 aliphatic rings. The Hall–Kier alpha value is -1.63. The molecule has 0 radical (unpaired) electrons. The van der Waals surface area contributed by atoms with Crippen molar-refractivity contribution in [2.75, 3.05) is 46.1 Å². The summed E-state index contributed by atoms with van der Waals surface area (Å²) in [7, 11) is 0. The minimum Gasteiger partial charge on any atom is -0.379 e. The lowest BCUT2D eigenvalue weighted by Gasteiger charge is -2.18. The molecule has 6 nitrogen and oxygen atoms in total. The first-order valence-electron chi connectivity index (χ1n) is 10.7. The quantitative estimate of drug-likeness (QED) is 0.366. The van der Waals surface area contributed by atoms with Crippen molar-refractivity contribution in [3.63, 3.8) is 0 Å². The fourth-order valence-corrected chi connectivity index (χ4v) is 3.75. The van der Waals surface area contributed by atoms with Crippen LogP contribution in [0.3, 0.4) is 0 Å². The third kappa shape index (κ3) is 6.76. The van der Waals surface area contributed by atoms with Crippen LogP contribution in [0.15, 0.2) is 35.3 Å². The van der Waals surface area contributed by atoms with Crippen LogP contribution in [0.4, 0.5) is 0 Å². The Morgan fingerprint density at radius 3 is 2.82 bits per heavy atom. The van der Waals surface area contributed by atoms with Gasteiger partial charge in [0.05, 0.1) is 18.8 Å². The molecule has 2 N–H and O–H groups in total. The highest BCUT2D eigenvalue weighted by atomic mass is 16.5. The number of benzene rings is 1. The van der Waals surface area contributed by atoms with Crippen LogP contribution in [0.25, 0.3) is 0 Å². The molecule has 2 heterocycles. The predicted octanol–water partition coefficient (Wildman–Crippen LogP) is 2.91. The minimum absolute atomic E-state index is 0.152. The van der Waals surface area contributed by atoms with Gasteiger partial charge in [0.1, 0.15) is 0 Å². The molecule has 3 unspecified atom stereocenters. The number of hydrogen-bond donors (Lipinski definition) is 2. The van der Waals surface area contributed by atoms with Crippen LogP contribution >= 0.6 is 0 Å². The second kappa shape index (κ2) is 12.0. The summed E-state index contributed by atoms with van der Waals surface area (Å²) in [5.74, 6) is 1.30. The predicted molar refractivity (Wildman–Crippen MR) is 112 cm³/mol. The van der Waals surface area contributed by atoms with Crippen LogP contribution < -0.4 is 10.6 Å². The van der Waals surface area contributed by atoms with Crippen molar-refractivity contribution in [1.29, 1.82) is 0 Å². The highest BCUT2D eigenvalue weighted by Gasteiger charge is 2.29. The Morgan fingerprint density at radius 1 is 1.14 bits per heavy atom. The molecule has 2 saturated heterocycles. The lowest BCUT2D eigenvalue weighted by molar-refractivity contribution is 0.0168. The normalized spacial score (nSPS) is 25.2. The Morgan fingerprint density at radius 2 is 2.04 bits per heavy atom. The van der Waals surface area contributed by atoms with Crippen LogP contribution in [0.5, 0.6) is 0 Å². The second-order valence-corrected chi connectivity index (χ2v) is 7.46. The van der Waals surface area contributed by atoms with Crippen molar-refractivity contribution in [3.05, 3.63) is 35.9 Å². The molecule has 3 atom stereocenters. The van der Waals surface area contributed by atoms with Gasteiger partial charge < -0.3 is 24.8 Å². The maximum atomic E-state index is 5.97. The second-order valence-electron chi connectivity index (χ2n) is 7.46. The number of aliphatic imine (C=N–C) groups is 1. The lowest BCUT2D eigenvalue weighted by atomic mass is 9.95. The van der Waals surface area contributed by atoms with Gasteiger partial charge in [0.2, 0.25) is 0 Å². The largest absolute Gasteiger partial charge is 0.379 e. The maximum Gasteiger partial charge on any atom is 0.191 e. The molecule has 1 aromatic carbocycles. The van der Waals surface area contributed by atoms with E-state index in [1.54, 1.807) is 0 Å². The fourth-order valence-electron chi connectivity index (χ4n) is 3.75. The summed E-state index contributed by atoms with van der Waals surface area (Å²) in [6, 6.07) is 10.5. The molecule has 0 amide bonds. The Bertz CT molecular complexity index is 576. The van der Waals surface area contributed by atoms with Crippen LogP contribution in [0.2, 0.25) is 0 Å². The van der Waals surface area contributed by atoms with Crippen molar-refractivity contribution in [2.45, 2.75) is 44.8 Å². The molecule has 156 valence electrons. The summed E-state index contributed by atoms with van der Waals surface area (Å²) >= 11 is 0. The van der Waals surface area contributed by atoms with Crippen molar-refractivity contribution in [3.8, 4) is 0 Å². The Balaban J connectivity index is 1.38. The third-order valence-electron chi connectivity index (χ3n) is 5.26. The van der Waals surface area contributed by atoms with E-state index in [4.69, 9.17) is 19.2 Å². The SMILES string of the molecule is CCNC(=NCC1CCOC1c1ccccc1)NCCCOCC1CCCO1. The van der Waals surface area contributed by atoms with Gasteiger partial charge in [-0.15, -0.1) is 0 Å². The molecule has 6 heteroatoms. The summed E-state index contributed by atoms with van der Waals surface area (Å²) in [5.41, 5.74) is 1.25. The first kappa shape index (κ1) is 21.1. The van der Waals surface area contributed by atoms with Gasteiger partial charge in [-0.2, -0.15) is 0 Å². The average molecular weight is 390 g/mol. The third-order valence-corrected chi connectivity index (χ3v) is 5.26. The van der Waals surface area contributed by atoms with Crippen LogP contribution in [-0.4, -0.2) is 58.1 Å². The molecule has 0 saturated carbocycles. The number of guanidine groups is 1. The molecule has 1 aromatic rings. The molecule has 2 aliphatic heterocycles. The van der Waals surface area contributed by atoms with E-state index in [9.17, 15) is 0 Å². The monoisotopic (exact) mass is 389 g/mol. The Kier molecular flexibility index (Phi) is 9.07. The fraction of sp³-hybridized carbons (Fsp3) is 0.682. The molecule has 0 aromatic heterocycles. The number of nitrogens with one attached hydrogen (secondary N) is 2. The van der Waals surface area contributed by atoms with Gasteiger partial charge in [-0.05, 0) is 38.2 Å². The molecule has 0 aliphatic carbocycles. The Labute approximate surface area is 169 Å². The van der Waals surface area contributed by atoms with Gasteiger partial charge in [-0.1, -0.05) is 30.3 Å². The highest BCUT2D eigenvalue weighted by Crippen LogP contribution is 2.34. The molecule has 0 spiro atoms. The van der Waals surface area contributed by atoms with E-state index < -0.39 is 0 Å². The number of rotatable bonds is 10. The van der Waals surface area contributed by atoms with E-state index in [2.05, 4.69) is 41.8 Å². The first-order valence-corrected chi connectivity index (χ1v) is 10.7. The minimum atomic E-state index is 0.152. The number of ether oxygens (including phenoxy) is 3. The molecule has 28 heavy (non-hydrogen) atoms. The maximum absolute atomic E-state index is 5.97. The molecular weight excluding hydrogens is 354 g/mol. The summed E-state index contributed by atoms with van der Waals surface area (Å²) in [5, 5.41) is 6.75. The van der Waals surface area contributed by atoms with E-state index in [1.165, 1.54) is 5.56 Å². The lowest BCUT2D eigenvalue weighted by Crippen LogP contribution is -2.38. The van der Waals surface area contributed by atoms with Gasteiger partial charge >= 0.3 is 0 Å². The number of hydrogen-bond acceptors (Lipinski definition) is 4. The van der Waals surface area contributed by atoms with Crippen LogP contribution in [0, 0.1) is 5.92 Å². The van der Waals surface area contributed by atoms with Gasteiger partial charge in [-0.25, -0.2) is 0 Å². The van der Waals surface area contributed by atoms with E-state index in [0.717, 1.165) is 77.7 Å². The van der Waals surface area contributed by atoms with E-state index in [-0.39, 0.29) is 6.10 Å². The molecule has 3 rings (SSSR count). The van der Waals surface area contributed by atoms with E-state index in [1.807, 2.05) is 6.07 Å². The number of nitrogens with zero attached hydrogens (tertiary/aromatic N) is 1. The summed E-state index contributed by atoms with van der Waals surface area (Å²) < 4.78 is 17.3. The summed E-state index contributed by atoms with van der Waals surface area (Å²) in [6.07, 6.45) is 4.76. The highest BCUT2D eigenvalue weighted by molar-refractivity contribution is 5.79. The van der Waals surface area contributed by atoms with Crippen molar-refractivity contribution < 1.29 is 14.2 Å². The van der Waals surface area contributed by atoms with Crippen molar-refractivity contribution in [1.82, 2.24) is 10.6 Å². The van der Waals surface area contributed by atoms with Gasteiger partial charge in [0.25, 0.3) is 0 Å². The van der Waals surface area contributed by atoms with Gasteiger partial charge in [0.15, 0.2) is 5.96 Å². The van der Waals surface area contributed by atoms with E-state index >= 15 is 0 Å². The van der Waals surface area contributed by atoms with Gasteiger partial charge in [0, 0.05) is 45.4 Å².